The molecule has 0 atom stereocenters. The lowest BCUT2D eigenvalue weighted by molar-refractivity contribution is 0.771. The molecule has 0 amide bonds. The molecule has 0 aliphatic carbocycles. The highest BCUT2D eigenvalue weighted by Gasteiger charge is 2.09. The van der Waals surface area contributed by atoms with Gasteiger partial charge in [0.1, 0.15) is 0 Å². The van der Waals surface area contributed by atoms with Gasteiger partial charge in [-0.3, -0.25) is 9.67 Å². The zero-order chi connectivity index (χ0) is 13.7. The van der Waals surface area contributed by atoms with Gasteiger partial charge in [0.2, 0.25) is 0 Å². The summed E-state index contributed by atoms with van der Waals surface area (Å²) in [6, 6.07) is 3.95. The fraction of sp³-hybridized carbons (Fsp3) is 0.133. The molecule has 96 valence electrons. The van der Waals surface area contributed by atoms with Crippen LogP contribution in [0.3, 0.4) is 0 Å². The van der Waals surface area contributed by atoms with Gasteiger partial charge in [-0.1, -0.05) is 18.2 Å². The first-order valence-electron chi connectivity index (χ1n) is 6.00. The Hall–Kier alpha value is -2.49. The highest BCUT2D eigenvalue weighted by Crippen LogP contribution is 2.29. The van der Waals surface area contributed by atoms with Crippen LogP contribution in [0.15, 0.2) is 47.7 Å². The zero-order valence-corrected chi connectivity index (χ0v) is 11.1. The van der Waals surface area contributed by atoms with E-state index in [1.54, 1.807) is 17.1 Å². The van der Waals surface area contributed by atoms with Crippen LogP contribution in [0, 0.1) is 0 Å². The Bertz CT molecular complexity index is 635. The van der Waals surface area contributed by atoms with Crippen molar-refractivity contribution in [2.75, 3.05) is 0 Å². The molecule has 0 aromatic carbocycles. The summed E-state index contributed by atoms with van der Waals surface area (Å²) in [6.45, 7) is 5.56. The normalized spacial score (nSPS) is 11.5. The average Bonchev–Trinajstić information content (AvgIpc) is 2.80. The van der Waals surface area contributed by atoms with E-state index in [1.165, 1.54) is 0 Å². The second-order valence-electron chi connectivity index (χ2n) is 4.02. The maximum Gasteiger partial charge on any atom is 0.157 e. The van der Waals surface area contributed by atoms with Gasteiger partial charge in [-0.05, 0) is 37.4 Å². The number of aliphatic imine (C=N–C) groups is 1. The second-order valence-corrected chi connectivity index (χ2v) is 4.02. The lowest BCUT2D eigenvalue weighted by atomic mass is 10.1. The molecule has 0 N–H and O–H groups in total. The van der Waals surface area contributed by atoms with E-state index in [-0.39, 0.29) is 0 Å². The Kier molecular flexibility index (Phi) is 4.03. The molecular formula is C15H16N4. The Labute approximate surface area is 112 Å². The Morgan fingerprint density at radius 3 is 2.95 bits per heavy atom. The van der Waals surface area contributed by atoms with Gasteiger partial charge in [0.25, 0.3) is 0 Å². The third kappa shape index (κ3) is 2.85. The lowest BCUT2D eigenvalue weighted by Gasteiger charge is -2.01. The maximum atomic E-state index is 4.30. The van der Waals surface area contributed by atoms with E-state index in [0.29, 0.717) is 0 Å². The predicted molar refractivity (Wildman–Crippen MR) is 79.5 cm³/mol. The first-order chi connectivity index (χ1) is 9.26. The summed E-state index contributed by atoms with van der Waals surface area (Å²) >= 11 is 0. The molecule has 2 heterocycles. The molecule has 0 aliphatic rings. The first-order valence-corrected chi connectivity index (χ1v) is 6.00. The molecule has 2 aromatic rings. The fourth-order valence-corrected chi connectivity index (χ4v) is 1.79. The molecule has 0 saturated heterocycles. The Morgan fingerprint density at radius 2 is 2.21 bits per heavy atom. The number of rotatable bonds is 4. The molecule has 0 saturated carbocycles. The summed E-state index contributed by atoms with van der Waals surface area (Å²) in [7, 11) is 1.85. The van der Waals surface area contributed by atoms with Gasteiger partial charge in [-0.25, -0.2) is 4.99 Å². The molecule has 4 nitrogen and oxygen atoms in total. The van der Waals surface area contributed by atoms with Crippen molar-refractivity contribution in [3.63, 3.8) is 0 Å². The van der Waals surface area contributed by atoms with Crippen molar-refractivity contribution in [2.45, 2.75) is 6.92 Å². The van der Waals surface area contributed by atoms with E-state index in [2.05, 4.69) is 21.8 Å². The van der Waals surface area contributed by atoms with Crippen LogP contribution in [-0.4, -0.2) is 21.5 Å². The van der Waals surface area contributed by atoms with Crippen molar-refractivity contribution < 1.29 is 0 Å². The van der Waals surface area contributed by atoms with Crippen LogP contribution in [0.25, 0.3) is 17.2 Å². The van der Waals surface area contributed by atoms with Crippen molar-refractivity contribution in [3.8, 4) is 11.1 Å². The summed E-state index contributed by atoms with van der Waals surface area (Å²) in [6.07, 6.45) is 11.4. The van der Waals surface area contributed by atoms with Crippen LogP contribution in [0.2, 0.25) is 0 Å². The van der Waals surface area contributed by atoms with Crippen LogP contribution < -0.4 is 0 Å². The molecule has 0 fully saturated rings. The SMILES string of the molecule is C=Nc1c(-c2ccnc(/C=C\C=C/C)c2)cnn1C. The lowest BCUT2D eigenvalue weighted by Crippen LogP contribution is -1.88. The van der Waals surface area contributed by atoms with Crippen LogP contribution in [-0.2, 0) is 7.05 Å². The van der Waals surface area contributed by atoms with E-state index in [9.17, 15) is 0 Å². The topological polar surface area (TPSA) is 43.1 Å². The van der Waals surface area contributed by atoms with Crippen molar-refractivity contribution >= 4 is 18.6 Å². The van der Waals surface area contributed by atoms with E-state index < -0.39 is 0 Å². The Morgan fingerprint density at radius 1 is 1.37 bits per heavy atom. The van der Waals surface area contributed by atoms with Gasteiger partial charge >= 0.3 is 0 Å². The van der Waals surface area contributed by atoms with E-state index in [1.807, 2.05) is 50.4 Å². The van der Waals surface area contributed by atoms with E-state index >= 15 is 0 Å². The maximum absolute atomic E-state index is 4.30. The summed E-state index contributed by atoms with van der Waals surface area (Å²) in [5.74, 6) is 0.759. The molecule has 0 aliphatic heterocycles. The molecule has 2 rings (SSSR count). The number of nitrogens with zero attached hydrogens (tertiary/aromatic N) is 4. The number of pyridine rings is 1. The minimum Gasteiger partial charge on any atom is -0.257 e. The standard InChI is InChI=1S/C15H16N4/c1-4-5-6-7-13-10-12(8-9-17-13)14-11-18-19(3)15(14)16-2/h4-11H,2H2,1,3H3/b5-4-,7-6-. The smallest absolute Gasteiger partial charge is 0.157 e. The largest absolute Gasteiger partial charge is 0.257 e. The van der Waals surface area contributed by atoms with Gasteiger partial charge in [0.05, 0.1) is 11.9 Å². The fourth-order valence-electron chi connectivity index (χ4n) is 1.79. The minimum atomic E-state index is 0.759. The molecule has 2 aromatic heterocycles. The van der Waals surface area contributed by atoms with Crippen LogP contribution >= 0.6 is 0 Å². The van der Waals surface area contributed by atoms with Crippen LogP contribution in [0.1, 0.15) is 12.6 Å². The third-order valence-corrected chi connectivity index (χ3v) is 2.72. The van der Waals surface area contributed by atoms with Gasteiger partial charge in [0, 0.05) is 18.8 Å². The summed E-state index contributed by atoms with van der Waals surface area (Å²) in [4.78, 5) is 8.32. The van der Waals surface area contributed by atoms with E-state index in [4.69, 9.17) is 0 Å². The van der Waals surface area contributed by atoms with Gasteiger partial charge in [0.15, 0.2) is 5.82 Å². The number of hydrogen-bond donors (Lipinski definition) is 0. The van der Waals surface area contributed by atoms with Crippen LogP contribution in [0.4, 0.5) is 5.82 Å². The van der Waals surface area contributed by atoms with Gasteiger partial charge < -0.3 is 0 Å². The Balaban J connectivity index is 2.40. The van der Waals surface area contributed by atoms with Crippen molar-refractivity contribution in [1.82, 2.24) is 14.8 Å². The number of aromatic nitrogens is 3. The number of aryl methyl sites for hydroxylation is 1. The minimum absolute atomic E-state index is 0.759. The van der Waals surface area contributed by atoms with Gasteiger partial charge in [-0.2, -0.15) is 5.10 Å². The third-order valence-electron chi connectivity index (χ3n) is 2.72. The van der Waals surface area contributed by atoms with Crippen LogP contribution in [0.5, 0.6) is 0 Å². The van der Waals surface area contributed by atoms with Crippen molar-refractivity contribution in [2.24, 2.45) is 12.0 Å². The zero-order valence-electron chi connectivity index (χ0n) is 11.1. The summed E-state index contributed by atoms with van der Waals surface area (Å²) in [5, 5.41) is 4.20. The highest BCUT2D eigenvalue weighted by atomic mass is 15.3. The average molecular weight is 252 g/mol. The number of hydrogen-bond acceptors (Lipinski definition) is 3. The molecule has 0 spiro atoms. The molecule has 4 heteroatoms. The highest BCUT2D eigenvalue weighted by molar-refractivity contribution is 5.75. The number of allylic oxidation sites excluding steroid dienone is 3. The molecule has 0 unspecified atom stereocenters. The van der Waals surface area contributed by atoms with Crippen molar-refractivity contribution in [1.29, 1.82) is 0 Å². The molecule has 0 bridgehead atoms. The predicted octanol–water partition coefficient (Wildman–Crippen LogP) is 3.40. The molecular weight excluding hydrogens is 236 g/mol. The summed E-state index contributed by atoms with van der Waals surface area (Å²) in [5.41, 5.74) is 2.89. The van der Waals surface area contributed by atoms with E-state index in [0.717, 1.165) is 22.6 Å². The molecule has 19 heavy (non-hydrogen) atoms. The monoisotopic (exact) mass is 252 g/mol. The first kappa shape index (κ1) is 13.0. The quantitative estimate of drug-likeness (QED) is 0.618. The van der Waals surface area contributed by atoms with Crippen molar-refractivity contribution in [3.05, 3.63) is 48.4 Å². The molecule has 0 radical (unpaired) electrons. The second kappa shape index (κ2) is 5.91. The van der Waals surface area contributed by atoms with Gasteiger partial charge in [-0.15, -0.1) is 0 Å². The summed E-state index contributed by atoms with van der Waals surface area (Å²) < 4.78 is 1.71.